The maximum Gasteiger partial charge on any atom is 0.320 e. The summed E-state index contributed by atoms with van der Waals surface area (Å²) in [5.41, 5.74) is 0.939. The number of urea groups is 1. The SMILES string of the molecule is N#Cc1cc(F)cc(CN2CC3CNCCN3C2=O)c1. The lowest BCUT2D eigenvalue weighted by atomic mass is 10.1. The second-order valence-corrected chi connectivity index (χ2v) is 5.17. The summed E-state index contributed by atoms with van der Waals surface area (Å²) in [4.78, 5) is 15.8. The van der Waals surface area contributed by atoms with E-state index in [1.54, 1.807) is 11.0 Å². The smallest absolute Gasteiger partial charge is 0.318 e. The Morgan fingerprint density at radius 1 is 1.45 bits per heavy atom. The van der Waals surface area contributed by atoms with Crippen LogP contribution in [0.3, 0.4) is 0 Å². The van der Waals surface area contributed by atoms with Crippen molar-refractivity contribution in [2.45, 2.75) is 12.6 Å². The van der Waals surface area contributed by atoms with Crippen LogP contribution in [-0.2, 0) is 6.54 Å². The Morgan fingerprint density at radius 2 is 2.30 bits per heavy atom. The number of hydrogen-bond donors (Lipinski definition) is 1. The predicted molar refractivity (Wildman–Crippen MR) is 70.3 cm³/mol. The summed E-state index contributed by atoms with van der Waals surface area (Å²) in [6.45, 7) is 3.32. The molecule has 0 saturated carbocycles. The van der Waals surface area contributed by atoms with Gasteiger partial charge in [0.1, 0.15) is 5.82 Å². The quantitative estimate of drug-likeness (QED) is 0.872. The highest BCUT2D eigenvalue weighted by molar-refractivity contribution is 5.77. The molecule has 3 rings (SSSR count). The van der Waals surface area contributed by atoms with Gasteiger partial charge in [-0.05, 0) is 23.8 Å². The van der Waals surface area contributed by atoms with E-state index in [2.05, 4.69) is 5.32 Å². The lowest BCUT2D eigenvalue weighted by molar-refractivity contribution is 0.178. The second-order valence-electron chi connectivity index (χ2n) is 5.17. The fourth-order valence-electron chi connectivity index (χ4n) is 2.85. The zero-order valence-corrected chi connectivity index (χ0v) is 11.0. The van der Waals surface area contributed by atoms with E-state index >= 15 is 0 Å². The van der Waals surface area contributed by atoms with Gasteiger partial charge in [-0.3, -0.25) is 0 Å². The van der Waals surface area contributed by atoms with Gasteiger partial charge in [0, 0.05) is 32.7 Å². The first kappa shape index (κ1) is 12.9. The third kappa shape index (κ3) is 2.32. The van der Waals surface area contributed by atoms with Crippen molar-refractivity contribution in [3.05, 3.63) is 35.1 Å². The zero-order chi connectivity index (χ0) is 14.1. The van der Waals surface area contributed by atoms with Crippen LogP contribution in [0.5, 0.6) is 0 Å². The topological polar surface area (TPSA) is 59.4 Å². The van der Waals surface area contributed by atoms with Crippen molar-refractivity contribution in [1.82, 2.24) is 15.1 Å². The molecule has 0 aliphatic carbocycles. The van der Waals surface area contributed by atoms with Crippen LogP contribution in [0.1, 0.15) is 11.1 Å². The lowest BCUT2D eigenvalue weighted by Crippen LogP contribution is -2.49. The van der Waals surface area contributed by atoms with E-state index in [4.69, 9.17) is 5.26 Å². The highest BCUT2D eigenvalue weighted by Gasteiger charge is 2.38. The average molecular weight is 274 g/mol. The molecule has 1 aromatic carbocycles. The molecular formula is C14H15FN4O. The van der Waals surface area contributed by atoms with Crippen LogP contribution in [0.15, 0.2) is 18.2 Å². The van der Waals surface area contributed by atoms with Crippen LogP contribution < -0.4 is 5.32 Å². The Balaban J connectivity index is 1.77. The molecule has 0 aromatic heterocycles. The zero-order valence-electron chi connectivity index (χ0n) is 11.0. The van der Waals surface area contributed by atoms with E-state index in [0.717, 1.165) is 13.1 Å². The normalized spacial score (nSPS) is 21.8. The Hall–Kier alpha value is -2.13. The Labute approximate surface area is 116 Å². The molecule has 0 bridgehead atoms. The van der Waals surface area contributed by atoms with E-state index in [1.807, 2.05) is 11.0 Å². The fourth-order valence-corrected chi connectivity index (χ4v) is 2.85. The number of carbonyl (C=O) groups excluding carboxylic acids is 1. The highest BCUT2D eigenvalue weighted by Crippen LogP contribution is 2.20. The van der Waals surface area contributed by atoms with E-state index < -0.39 is 5.82 Å². The van der Waals surface area contributed by atoms with Gasteiger partial charge in [-0.25, -0.2) is 9.18 Å². The monoisotopic (exact) mass is 274 g/mol. The Bertz CT molecular complexity index is 583. The van der Waals surface area contributed by atoms with Gasteiger partial charge in [-0.1, -0.05) is 0 Å². The number of carbonyl (C=O) groups is 1. The van der Waals surface area contributed by atoms with Crippen LogP contribution in [0, 0.1) is 17.1 Å². The number of nitriles is 1. The van der Waals surface area contributed by atoms with Crippen molar-refractivity contribution in [2.75, 3.05) is 26.2 Å². The number of hydrogen-bond acceptors (Lipinski definition) is 3. The van der Waals surface area contributed by atoms with Crippen LogP contribution in [0.25, 0.3) is 0 Å². The minimum atomic E-state index is -0.440. The molecule has 2 aliphatic rings. The Morgan fingerprint density at radius 3 is 3.05 bits per heavy atom. The number of benzene rings is 1. The molecule has 1 unspecified atom stereocenters. The van der Waals surface area contributed by atoms with Crippen molar-refractivity contribution in [3.8, 4) is 6.07 Å². The summed E-state index contributed by atoms with van der Waals surface area (Å²) >= 11 is 0. The number of amides is 2. The molecule has 20 heavy (non-hydrogen) atoms. The molecule has 1 N–H and O–H groups in total. The number of nitrogens with zero attached hydrogens (tertiary/aromatic N) is 3. The first-order chi connectivity index (χ1) is 9.67. The number of halogens is 1. The number of fused-ring (bicyclic) bond motifs is 1. The molecule has 6 heteroatoms. The fraction of sp³-hybridized carbons (Fsp3) is 0.429. The predicted octanol–water partition coefficient (Wildman–Crippen LogP) is 0.907. The summed E-state index contributed by atoms with van der Waals surface area (Å²) in [7, 11) is 0. The Kier molecular flexibility index (Phi) is 3.28. The van der Waals surface area contributed by atoms with Gasteiger partial charge in [0.15, 0.2) is 0 Å². The summed E-state index contributed by atoms with van der Waals surface area (Å²) in [6, 6.07) is 6.33. The maximum absolute atomic E-state index is 13.4. The van der Waals surface area contributed by atoms with Gasteiger partial charge in [0.25, 0.3) is 0 Å². The molecule has 2 saturated heterocycles. The second kappa shape index (κ2) is 5.10. The summed E-state index contributed by atoms with van der Waals surface area (Å²) < 4.78 is 13.4. The molecule has 0 spiro atoms. The minimum absolute atomic E-state index is 0.000677. The van der Waals surface area contributed by atoms with Gasteiger partial charge in [0.2, 0.25) is 0 Å². The average Bonchev–Trinajstić information content (AvgIpc) is 2.75. The first-order valence-electron chi connectivity index (χ1n) is 6.63. The molecule has 2 aliphatic heterocycles. The summed E-state index contributed by atoms with van der Waals surface area (Å²) in [6.07, 6.45) is 0. The van der Waals surface area contributed by atoms with Gasteiger partial charge in [0.05, 0.1) is 17.7 Å². The third-order valence-corrected chi connectivity index (χ3v) is 3.76. The van der Waals surface area contributed by atoms with Crippen molar-refractivity contribution < 1.29 is 9.18 Å². The molecule has 0 radical (unpaired) electrons. The lowest BCUT2D eigenvalue weighted by Gasteiger charge is -2.28. The van der Waals surface area contributed by atoms with Crippen LogP contribution >= 0.6 is 0 Å². The molecule has 2 fully saturated rings. The summed E-state index contributed by atoms with van der Waals surface area (Å²) in [5, 5.41) is 12.1. The van der Waals surface area contributed by atoms with E-state index in [0.29, 0.717) is 25.2 Å². The van der Waals surface area contributed by atoms with Crippen LogP contribution in [0.4, 0.5) is 9.18 Å². The molecule has 2 amide bonds. The van der Waals surface area contributed by atoms with Crippen molar-refractivity contribution >= 4 is 6.03 Å². The molecule has 2 heterocycles. The number of rotatable bonds is 2. The van der Waals surface area contributed by atoms with Crippen LogP contribution in [0.2, 0.25) is 0 Å². The van der Waals surface area contributed by atoms with E-state index in [-0.39, 0.29) is 17.6 Å². The largest absolute Gasteiger partial charge is 0.320 e. The van der Waals surface area contributed by atoms with Crippen molar-refractivity contribution in [2.24, 2.45) is 0 Å². The maximum atomic E-state index is 13.4. The van der Waals surface area contributed by atoms with Gasteiger partial charge in [-0.2, -0.15) is 5.26 Å². The number of piperazine rings is 1. The van der Waals surface area contributed by atoms with Gasteiger partial charge >= 0.3 is 6.03 Å². The van der Waals surface area contributed by atoms with Crippen molar-refractivity contribution in [1.29, 1.82) is 5.26 Å². The molecule has 5 nitrogen and oxygen atoms in total. The minimum Gasteiger partial charge on any atom is -0.318 e. The molecule has 1 atom stereocenters. The van der Waals surface area contributed by atoms with E-state index in [1.165, 1.54) is 12.1 Å². The molecular weight excluding hydrogens is 259 g/mol. The molecule has 104 valence electrons. The van der Waals surface area contributed by atoms with Crippen molar-refractivity contribution in [3.63, 3.8) is 0 Å². The third-order valence-electron chi connectivity index (χ3n) is 3.76. The first-order valence-corrected chi connectivity index (χ1v) is 6.63. The van der Waals surface area contributed by atoms with Crippen LogP contribution in [-0.4, -0.2) is 48.1 Å². The standard InChI is InChI=1S/C14H15FN4O/c15-12-4-10(6-16)3-11(5-12)8-18-9-13-7-17-1-2-19(13)14(18)20/h3-5,13,17H,1-2,7-9H2. The number of nitrogens with one attached hydrogen (secondary N) is 1. The highest BCUT2D eigenvalue weighted by atomic mass is 19.1. The van der Waals surface area contributed by atoms with Gasteiger partial charge < -0.3 is 15.1 Å². The molecule has 1 aromatic rings. The van der Waals surface area contributed by atoms with E-state index in [9.17, 15) is 9.18 Å². The van der Waals surface area contributed by atoms with Gasteiger partial charge in [-0.15, -0.1) is 0 Å². The summed E-state index contributed by atoms with van der Waals surface area (Å²) in [5.74, 6) is -0.440.